The van der Waals surface area contributed by atoms with E-state index >= 15 is 0 Å². The highest BCUT2D eigenvalue weighted by molar-refractivity contribution is 7.89. The molecule has 0 unspecified atom stereocenters. The maximum absolute atomic E-state index is 12.5. The molecule has 1 aromatic heterocycles. The summed E-state index contributed by atoms with van der Waals surface area (Å²) in [5.41, 5.74) is 2.94. The molecular formula is C24H22N4O4S. The first kappa shape index (κ1) is 23.7. The van der Waals surface area contributed by atoms with Gasteiger partial charge in [-0.25, -0.2) is 17.9 Å². The zero-order chi connectivity index (χ0) is 24.2. The summed E-state index contributed by atoms with van der Waals surface area (Å²) in [4.78, 5) is 11.8. The minimum atomic E-state index is -3.83. The van der Waals surface area contributed by atoms with Gasteiger partial charge in [-0.05, 0) is 36.1 Å². The van der Waals surface area contributed by atoms with Crippen LogP contribution in [0.25, 0.3) is 11.1 Å². The number of hydrogen-bond donors (Lipinski definition) is 2. The van der Waals surface area contributed by atoms with Crippen LogP contribution >= 0.6 is 0 Å². The van der Waals surface area contributed by atoms with Crippen molar-refractivity contribution in [2.45, 2.75) is 24.7 Å². The lowest BCUT2D eigenvalue weighted by atomic mass is 9.98. The van der Waals surface area contributed by atoms with Gasteiger partial charge in [-0.15, -0.1) is 0 Å². The van der Waals surface area contributed by atoms with E-state index in [0.717, 1.165) is 5.56 Å². The number of carbonyl (C=O) groups is 1. The lowest BCUT2D eigenvalue weighted by molar-refractivity contribution is 0.0687. The number of aromatic carboxylic acids is 1. The van der Waals surface area contributed by atoms with E-state index in [1.807, 2.05) is 13.0 Å². The van der Waals surface area contributed by atoms with Crippen LogP contribution in [0, 0.1) is 22.7 Å². The number of nitrogens with zero attached hydrogens (tertiary/aromatic N) is 3. The van der Waals surface area contributed by atoms with Crippen molar-refractivity contribution in [1.82, 2.24) is 9.29 Å². The Hall–Kier alpha value is -3.92. The lowest BCUT2D eigenvalue weighted by Gasteiger charge is -2.09. The van der Waals surface area contributed by atoms with E-state index in [-0.39, 0.29) is 22.7 Å². The van der Waals surface area contributed by atoms with Crippen molar-refractivity contribution in [3.8, 4) is 23.3 Å². The van der Waals surface area contributed by atoms with Gasteiger partial charge in [0.25, 0.3) is 0 Å². The number of aromatic nitrogens is 1. The standard InChI is InChI=1S/C24H22N4O4S/c1-3-20-19(15-26)22(23(24(29)30)28(20)2)17-10-8-16(9-11-17)12-13-27-33(31,32)21-7-5-4-6-18(21)14-25/h4-11,27H,3,12-13H2,1-2H3,(H,29,30). The number of hydrogen-bond acceptors (Lipinski definition) is 5. The molecule has 0 radical (unpaired) electrons. The van der Waals surface area contributed by atoms with Gasteiger partial charge in [-0.1, -0.05) is 43.3 Å². The molecule has 0 saturated heterocycles. The van der Waals surface area contributed by atoms with Crippen LogP contribution in [0.3, 0.4) is 0 Å². The Bertz CT molecular complexity index is 1390. The van der Waals surface area contributed by atoms with E-state index < -0.39 is 16.0 Å². The van der Waals surface area contributed by atoms with Gasteiger partial charge in [0.15, 0.2) is 0 Å². The van der Waals surface area contributed by atoms with Crippen molar-refractivity contribution in [2.75, 3.05) is 6.54 Å². The Morgan fingerprint density at radius 3 is 2.33 bits per heavy atom. The number of nitriles is 2. The number of rotatable bonds is 8. The van der Waals surface area contributed by atoms with Gasteiger partial charge in [0.05, 0.1) is 16.0 Å². The highest BCUT2D eigenvalue weighted by atomic mass is 32.2. The molecule has 0 atom stereocenters. The van der Waals surface area contributed by atoms with E-state index in [0.29, 0.717) is 35.2 Å². The summed E-state index contributed by atoms with van der Waals surface area (Å²) in [5, 5.41) is 28.5. The third kappa shape index (κ3) is 4.65. The largest absolute Gasteiger partial charge is 0.477 e. The number of carboxylic acid groups (broad SMARTS) is 1. The Kier molecular flexibility index (Phi) is 6.98. The first-order valence-electron chi connectivity index (χ1n) is 10.2. The normalized spacial score (nSPS) is 11.0. The van der Waals surface area contributed by atoms with Crippen LogP contribution in [0.1, 0.15) is 39.8 Å². The molecule has 2 aromatic carbocycles. The molecule has 33 heavy (non-hydrogen) atoms. The molecule has 9 heteroatoms. The maximum Gasteiger partial charge on any atom is 0.353 e. The molecule has 0 aliphatic heterocycles. The topological polar surface area (TPSA) is 136 Å². The van der Waals surface area contributed by atoms with E-state index in [4.69, 9.17) is 5.26 Å². The predicted molar refractivity (Wildman–Crippen MR) is 122 cm³/mol. The first-order valence-corrected chi connectivity index (χ1v) is 11.7. The average Bonchev–Trinajstić information content (AvgIpc) is 3.10. The van der Waals surface area contributed by atoms with E-state index in [9.17, 15) is 23.6 Å². The van der Waals surface area contributed by atoms with E-state index in [1.165, 1.54) is 16.7 Å². The van der Waals surface area contributed by atoms with Crippen LogP contribution in [0.4, 0.5) is 0 Å². The number of benzene rings is 2. The highest BCUT2D eigenvalue weighted by Crippen LogP contribution is 2.32. The maximum atomic E-state index is 12.5. The fourth-order valence-electron chi connectivity index (χ4n) is 3.84. The number of nitrogens with one attached hydrogen (secondary N) is 1. The van der Waals surface area contributed by atoms with Crippen molar-refractivity contribution in [3.05, 3.63) is 76.6 Å². The van der Waals surface area contributed by atoms with Crippen LogP contribution in [-0.4, -0.2) is 30.6 Å². The van der Waals surface area contributed by atoms with Gasteiger partial charge >= 0.3 is 5.97 Å². The number of carboxylic acids is 1. The Morgan fingerprint density at radius 2 is 1.76 bits per heavy atom. The van der Waals surface area contributed by atoms with Gasteiger partial charge in [0.2, 0.25) is 10.0 Å². The molecule has 0 bridgehead atoms. The van der Waals surface area contributed by atoms with Crippen molar-refractivity contribution >= 4 is 16.0 Å². The molecule has 3 rings (SSSR count). The third-order valence-electron chi connectivity index (χ3n) is 5.41. The molecule has 1 heterocycles. The van der Waals surface area contributed by atoms with Crippen molar-refractivity contribution < 1.29 is 18.3 Å². The van der Waals surface area contributed by atoms with E-state index in [2.05, 4.69) is 10.8 Å². The van der Waals surface area contributed by atoms with Crippen LogP contribution < -0.4 is 4.72 Å². The molecule has 8 nitrogen and oxygen atoms in total. The molecule has 3 aromatic rings. The quantitative estimate of drug-likeness (QED) is 0.527. The fourth-order valence-corrected chi connectivity index (χ4v) is 5.03. The zero-order valence-electron chi connectivity index (χ0n) is 18.2. The highest BCUT2D eigenvalue weighted by Gasteiger charge is 2.25. The smallest absolute Gasteiger partial charge is 0.353 e. The summed E-state index contributed by atoms with van der Waals surface area (Å²) in [6, 6.07) is 17.0. The lowest BCUT2D eigenvalue weighted by Crippen LogP contribution is -2.26. The monoisotopic (exact) mass is 462 g/mol. The second kappa shape index (κ2) is 9.70. The summed E-state index contributed by atoms with van der Waals surface area (Å²) in [6.45, 7) is 1.99. The molecule has 0 aliphatic rings. The summed E-state index contributed by atoms with van der Waals surface area (Å²) < 4.78 is 29.1. The summed E-state index contributed by atoms with van der Waals surface area (Å²) >= 11 is 0. The molecule has 2 N–H and O–H groups in total. The summed E-state index contributed by atoms with van der Waals surface area (Å²) in [7, 11) is -2.19. The van der Waals surface area contributed by atoms with Gasteiger partial charge in [-0.3, -0.25) is 0 Å². The van der Waals surface area contributed by atoms with Crippen molar-refractivity contribution in [1.29, 1.82) is 10.5 Å². The molecular weight excluding hydrogens is 440 g/mol. The van der Waals surface area contributed by atoms with Gasteiger partial charge in [0.1, 0.15) is 17.8 Å². The predicted octanol–water partition coefficient (Wildman–Crippen LogP) is 3.22. The summed E-state index contributed by atoms with van der Waals surface area (Å²) in [6.07, 6.45) is 0.910. The fraction of sp³-hybridized carbons (Fsp3) is 0.208. The SMILES string of the molecule is CCc1c(C#N)c(-c2ccc(CCNS(=O)(=O)c3ccccc3C#N)cc2)c(C(=O)O)n1C. The molecule has 0 spiro atoms. The van der Waals surface area contributed by atoms with Crippen LogP contribution in [0.2, 0.25) is 0 Å². The Morgan fingerprint density at radius 1 is 1.09 bits per heavy atom. The molecule has 0 aliphatic carbocycles. The summed E-state index contributed by atoms with van der Waals surface area (Å²) in [5.74, 6) is -1.11. The van der Waals surface area contributed by atoms with Crippen LogP contribution in [0.5, 0.6) is 0 Å². The van der Waals surface area contributed by atoms with E-state index in [1.54, 1.807) is 43.4 Å². The second-order valence-corrected chi connectivity index (χ2v) is 9.06. The third-order valence-corrected chi connectivity index (χ3v) is 6.93. The Labute approximate surface area is 192 Å². The second-order valence-electron chi connectivity index (χ2n) is 7.33. The minimum Gasteiger partial charge on any atom is -0.477 e. The van der Waals surface area contributed by atoms with Crippen molar-refractivity contribution in [2.24, 2.45) is 7.05 Å². The van der Waals surface area contributed by atoms with Gasteiger partial charge in [-0.2, -0.15) is 10.5 Å². The van der Waals surface area contributed by atoms with Crippen molar-refractivity contribution in [3.63, 3.8) is 0 Å². The Balaban J connectivity index is 1.81. The molecule has 0 amide bonds. The minimum absolute atomic E-state index is 0.0556. The molecule has 0 saturated carbocycles. The van der Waals surface area contributed by atoms with Gasteiger partial charge < -0.3 is 9.67 Å². The molecule has 168 valence electrons. The van der Waals surface area contributed by atoms with Crippen LogP contribution in [0.15, 0.2) is 53.4 Å². The van der Waals surface area contributed by atoms with Crippen LogP contribution in [-0.2, 0) is 29.9 Å². The molecule has 0 fully saturated rings. The first-order chi connectivity index (χ1) is 15.7. The zero-order valence-corrected chi connectivity index (χ0v) is 19.0. The van der Waals surface area contributed by atoms with Gasteiger partial charge in [0, 0.05) is 24.8 Å². The average molecular weight is 463 g/mol. The number of sulfonamides is 1.